The molecule has 1 aliphatic heterocycles. The summed E-state index contributed by atoms with van der Waals surface area (Å²) in [5, 5.41) is 4.09. The number of carbonyl (C=O) groups is 1. The Morgan fingerprint density at radius 1 is 0.957 bits per heavy atom. The summed E-state index contributed by atoms with van der Waals surface area (Å²) in [4.78, 5) is 16.7. The highest BCUT2D eigenvalue weighted by atomic mass is 16.5. The van der Waals surface area contributed by atoms with E-state index in [1.54, 1.807) is 0 Å². The Hall–Kier alpha value is -2.94. The van der Waals surface area contributed by atoms with Crippen LogP contribution in [0.15, 0.2) is 71.7 Å². The van der Waals surface area contributed by atoms with Crippen molar-refractivity contribution in [2.24, 2.45) is 4.99 Å². The van der Waals surface area contributed by atoms with Crippen LogP contribution in [0.5, 0.6) is 0 Å². The highest BCUT2D eigenvalue weighted by Crippen LogP contribution is 2.19. The lowest BCUT2D eigenvalue weighted by Crippen LogP contribution is -2.19. The molecule has 0 N–H and O–H groups in total. The number of nitrogens with zero attached hydrogens (tertiary/aromatic N) is 1. The molecule has 3 nitrogen and oxygen atoms in total. The van der Waals surface area contributed by atoms with E-state index in [2.05, 4.69) is 17.1 Å². The fraction of sp³-hybridized carbons (Fsp3) is 0.100. The van der Waals surface area contributed by atoms with Gasteiger partial charge in [0, 0.05) is 0 Å². The summed E-state index contributed by atoms with van der Waals surface area (Å²) in [6.45, 7) is 0.260. The Bertz CT molecular complexity index is 967. The Labute approximate surface area is 133 Å². The molecule has 1 unspecified atom stereocenters. The Balaban J connectivity index is 1.53. The number of para-hydroxylation sites is 1. The minimum atomic E-state index is -0.539. The molecule has 0 saturated heterocycles. The van der Waals surface area contributed by atoms with Crippen molar-refractivity contribution in [3.8, 4) is 0 Å². The van der Waals surface area contributed by atoms with Crippen LogP contribution in [0.4, 0.5) is 0 Å². The second-order valence-electron chi connectivity index (χ2n) is 5.55. The molecule has 3 aromatic rings. The molecule has 0 aliphatic carbocycles. The van der Waals surface area contributed by atoms with E-state index in [1.165, 1.54) is 0 Å². The predicted octanol–water partition coefficient (Wildman–Crippen LogP) is 2.37. The molecule has 1 atom stereocenters. The van der Waals surface area contributed by atoms with Crippen molar-refractivity contribution < 1.29 is 9.53 Å². The molecule has 0 radical (unpaired) electrons. The molecule has 0 bridgehead atoms. The van der Waals surface area contributed by atoms with Crippen molar-refractivity contribution in [1.82, 2.24) is 0 Å². The van der Waals surface area contributed by atoms with Gasteiger partial charge in [0.2, 0.25) is 0 Å². The molecule has 1 aliphatic rings. The van der Waals surface area contributed by atoms with E-state index in [4.69, 9.17) is 4.74 Å². The van der Waals surface area contributed by atoms with Gasteiger partial charge in [0.25, 0.3) is 0 Å². The Morgan fingerprint density at radius 3 is 2.65 bits per heavy atom. The first-order valence-electron chi connectivity index (χ1n) is 7.59. The first-order chi connectivity index (χ1) is 11.3. The van der Waals surface area contributed by atoms with Crippen LogP contribution in [0.25, 0.3) is 16.8 Å². The van der Waals surface area contributed by atoms with Crippen molar-refractivity contribution in [2.45, 2.75) is 12.6 Å². The fourth-order valence-electron chi connectivity index (χ4n) is 2.88. The van der Waals surface area contributed by atoms with E-state index in [-0.39, 0.29) is 12.6 Å². The zero-order chi connectivity index (χ0) is 15.6. The van der Waals surface area contributed by atoms with E-state index in [0.29, 0.717) is 0 Å². The zero-order valence-electron chi connectivity index (χ0n) is 12.5. The van der Waals surface area contributed by atoms with Crippen molar-refractivity contribution >= 4 is 22.8 Å². The van der Waals surface area contributed by atoms with Crippen molar-refractivity contribution in [3.05, 3.63) is 82.9 Å². The van der Waals surface area contributed by atoms with Gasteiger partial charge >= 0.3 is 5.97 Å². The standard InChI is InChI=1S/C20H15NO2/c22-20(19-12-15-7-2-4-11-18(15)21-19)23-13-16-9-5-8-14-6-1-3-10-17(14)16/h1-12,19H,13H2. The average molecular weight is 301 g/mol. The van der Waals surface area contributed by atoms with Crippen molar-refractivity contribution in [3.63, 3.8) is 0 Å². The summed E-state index contributed by atoms with van der Waals surface area (Å²) >= 11 is 0. The number of fused-ring (bicyclic) bond motifs is 2. The lowest BCUT2D eigenvalue weighted by atomic mass is 10.1. The lowest BCUT2D eigenvalue weighted by molar-refractivity contribution is -0.144. The number of benzene rings is 3. The molecular weight excluding hydrogens is 286 g/mol. The summed E-state index contributed by atoms with van der Waals surface area (Å²) in [6, 6.07) is 21.3. The number of ether oxygens (including phenoxy) is 1. The number of carbonyl (C=O) groups excluding carboxylic acids is 1. The van der Waals surface area contributed by atoms with Crippen LogP contribution in [0.1, 0.15) is 5.56 Å². The normalized spacial score (nSPS) is 15.6. The van der Waals surface area contributed by atoms with Gasteiger partial charge in [0.1, 0.15) is 6.61 Å². The van der Waals surface area contributed by atoms with Gasteiger partial charge in [0.15, 0.2) is 6.04 Å². The van der Waals surface area contributed by atoms with Gasteiger partial charge in [-0.2, -0.15) is 0 Å². The second kappa shape index (κ2) is 5.69. The van der Waals surface area contributed by atoms with Gasteiger partial charge in [-0.05, 0) is 33.7 Å². The monoisotopic (exact) mass is 301 g/mol. The van der Waals surface area contributed by atoms with E-state index in [0.717, 1.165) is 26.9 Å². The molecule has 23 heavy (non-hydrogen) atoms. The van der Waals surface area contributed by atoms with Crippen LogP contribution in [0.2, 0.25) is 0 Å². The van der Waals surface area contributed by atoms with E-state index < -0.39 is 6.04 Å². The maximum absolute atomic E-state index is 12.3. The molecule has 0 saturated carbocycles. The molecule has 1 heterocycles. The van der Waals surface area contributed by atoms with Gasteiger partial charge < -0.3 is 4.74 Å². The average Bonchev–Trinajstić information content (AvgIpc) is 3.04. The first-order valence-corrected chi connectivity index (χ1v) is 7.59. The summed E-state index contributed by atoms with van der Waals surface area (Å²) in [5.74, 6) is -0.311. The third kappa shape index (κ3) is 2.61. The summed E-state index contributed by atoms with van der Waals surface area (Å²) in [7, 11) is 0. The predicted molar refractivity (Wildman–Crippen MR) is 89.2 cm³/mol. The Kier molecular flexibility index (Phi) is 3.39. The molecule has 112 valence electrons. The van der Waals surface area contributed by atoms with Crippen LogP contribution < -0.4 is 10.6 Å². The second-order valence-corrected chi connectivity index (χ2v) is 5.55. The van der Waals surface area contributed by atoms with Crippen LogP contribution in [-0.4, -0.2) is 12.0 Å². The lowest BCUT2D eigenvalue weighted by Gasteiger charge is -2.09. The quantitative estimate of drug-likeness (QED) is 0.697. The number of hydrogen-bond acceptors (Lipinski definition) is 3. The SMILES string of the molecule is O=C(OCc1cccc2ccccc12)C1C=c2ccccc2=N1. The molecule has 3 heteroatoms. The molecule has 0 amide bonds. The summed E-state index contributed by atoms with van der Waals surface area (Å²) in [6.07, 6.45) is 1.85. The topological polar surface area (TPSA) is 38.7 Å². The maximum Gasteiger partial charge on any atom is 0.335 e. The first kappa shape index (κ1) is 13.7. The zero-order valence-corrected chi connectivity index (χ0v) is 12.5. The number of esters is 1. The number of hydrogen-bond donors (Lipinski definition) is 0. The fourth-order valence-corrected chi connectivity index (χ4v) is 2.88. The third-order valence-electron chi connectivity index (χ3n) is 4.04. The highest BCUT2D eigenvalue weighted by molar-refractivity contribution is 5.86. The van der Waals surface area contributed by atoms with Crippen molar-refractivity contribution in [1.29, 1.82) is 0 Å². The molecule has 3 aromatic carbocycles. The van der Waals surface area contributed by atoms with Crippen LogP contribution >= 0.6 is 0 Å². The molecule has 4 rings (SSSR count). The van der Waals surface area contributed by atoms with Gasteiger partial charge in [-0.1, -0.05) is 60.7 Å². The van der Waals surface area contributed by atoms with Crippen LogP contribution in [0.3, 0.4) is 0 Å². The van der Waals surface area contributed by atoms with E-state index in [9.17, 15) is 4.79 Å². The van der Waals surface area contributed by atoms with Crippen molar-refractivity contribution in [2.75, 3.05) is 0 Å². The maximum atomic E-state index is 12.3. The third-order valence-corrected chi connectivity index (χ3v) is 4.04. The minimum Gasteiger partial charge on any atom is -0.459 e. The van der Waals surface area contributed by atoms with Gasteiger partial charge in [0.05, 0.1) is 5.36 Å². The summed E-state index contributed by atoms with van der Waals surface area (Å²) in [5.41, 5.74) is 1.01. The number of rotatable bonds is 3. The molecular formula is C20H15NO2. The molecule has 0 aromatic heterocycles. The molecule has 0 spiro atoms. The van der Waals surface area contributed by atoms with Gasteiger partial charge in [-0.15, -0.1) is 0 Å². The van der Waals surface area contributed by atoms with Gasteiger partial charge in [-0.25, -0.2) is 4.79 Å². The van der Waals surface area contributed by atoms with E-state index >= 15 is 0 Å². The highest BCUT2D eigenvalue weighted by Gasteiger charge is 2.19. The van der Waals surface area contributed by atoms with E-state index in [1.807, 2.05) is 60.7 Å². The minimum absolute atomic E-state index is 0.260. The molecule has 0 fully saturated rings. The summed E-state index contributed by atoms with van der Waals surface area (Å²) < 4.78 is 5.49. The van der Waals surface area contributed by atoms with Crippen LogP contribution in [-0.2, 0) is 16.1 Å². The van der Waals surface area contributed by atoms with Gasteiger partial charge in [-0.3, -0.25) is 4.99 Å². The Morgan fingerprint density at radius 2 is 1.74 bits per heavy atom. The van der Waals surface area contributed by atoms with Crippen LogP contribution in [0, 0.1) is 0 Å². The largest absolute Gasteiger partial charge is 0.459 e. The smallest absolute Gasteiger partial charge is 0.335 e.